The molecule has 2 aliphatic rings. The molecule has 108 valence electrons. The summed E-state index contributed by atoms with van der Waals surface area (Å²) in [6.07, 6.45) is 5.79. The summed E-state index contributed by atoms with van der Waals surface area (Å²) >= 11 is 0. The maximum atomic E-state index is 12.7. The highest BCUT2D eigenvalue weighted by atomic mass is 16.2. The van der Waals surface area contributed by atoms with Crippen molar-refractivity contribution < 1.29 is 9.59 Å². The lowest BCUT2D eigenvalue weighted by Crippen LogP contribution is -2.68. The van der Waals surface area contributed by atoms with Gasteiger partial charge in [0.25, 0.3) is 0 Å². The molecule has 1 spiro atoms. The summed E-state index contributed by atoms with van der Waals surface area (Å²) in [6.45, 7) is 6.93. The van der Waals surface area contributed by atoms with Crippen LogP contribution in [0, 0.1) is 5.92 Å². The van der Waals surface area contributed by atoms with Gasteiger partial charge in [-0.1, -0.05) is 26.7 Å². The highest BCUT2D eigenvalue weighted by molar-refractivity contribution is 5.99. The van der Waals surface area contributed by atoms with Gasteiger partial charge in [0.15, 0.2) is 0 Å². The topological polar surface area (TPSA) is 49.4 Å². The molecule has 0 bridgehead atoms. The molecule has 2 fully saturated rings. The van der Waals surface area contributed by atoms with Crippen molar-refractivity contribution >= 4 is 11.8 Å². The Morgan fingerprint density at radius 3 is 2.53 bits per heavy atom. The van der Waals surface area contributed by atoms with E-state index < -0.39 is 5.54 Å². The van der Waals surface area contributed by atoms with Gasteiger partial charge in [-0.25, -0.2) is 0 Å². The summed E-state index contributed by atoms with van der Waals surface area (Å²) in [4.78, 5) is 26.6. The van der Waals surface area contributed by atoms with Crippen molar-refractivity contribution in [2.24, 2.45) is 5.92 Å². The van der Waals surface area contributed by atoms with E-state index in [1.807, 2.05) is 11.8 Å². The number of piperazine rings is 1. The fraction of sp³-hybridized carbons (Fsp3) is 0.867. The number of rotatable bonds is 4. The molecule has 0 aromatic carbocycles. The van der Waals surface area contributed by atoms with E-state index >= 15 is 0 Å². The van der Waals surface area contributed by atoms with Crippen LogP contribution in [0.25, 0.3) is 0 Å². The third-order valence-corrected chi connectivity index (χ3v) is 4.52. The molecule has 1 saturated carbocycles. The monoisotopic (exact) mass is 266 g/mol. The first-order chi connectivity index (χ1) is 8.96. The smallest absolute Gasteiger partial charge is 0.248 e. The van der Waals surface area contributed by atoms with Crippen molar-refractivity contribution in [1.82, 2.24) is 10.2 Å². The maximum absolute atomic E-state index is 12.7. The summed E-state index contributed by atoms with van der Waals surface area (Å²) in [5.74, 6) is 0.816. The molecule has 1 unspecified atom stereocenters. The Bertz CT molecular complexity index is 359. The van der Waals surface area contributed by atoms with Gasteiger partial charge < -0.3 is 10.2 Å². The highest BCUT2D eigenvalue weighted by Gasteiger charge is 2.50. The Labute approximate surface area is 115 Å². The second kappa shape index (κ2) is 5.51. The highest BCUT2D eigenvalue weighted by Crippen LogP contribution is 2.34. The van der Waals surface area contributed by atoms with Crippen molar-refractivity contribution in [3.05, 3.63) is 0 Å². The van der Waals surface area contributed by atoms with Crippen LogP contribution >= 0.6 is 0 Å². The van der Waals surface area contributed by atoms with Gasteiger partial charge in [0, 0.05) is 6.54 Å². The van der Waals surface area contributed by atoms with Crippen LogP contribution in [0.1, 0.15) is 59.3 Å². The van der Waals surface area contributed by atoms with Crippen molar-refractivity contribution in [2.75, 3.05) is 6.54 Å². The van der Waals surface area contributed by atoms with E-state index in [-0.39, 0.29) is 17.9 Å². The van der Waals surface area contributed by atoms with Gasteiger partial charge in [-0.15, -0.1) is 0 Å². The Hall–Kier alpha value is -1.06. The third kappa shape index (κ3) is 2.77. The predicted molar refractivity (Wildman–Crippen MR) is 74.6 cm³/mol. The summed E-state index contributed by atoms with van der Waals surface area (Å²) in [5.41, 5.74) is -0.568. The number of amides is 2. The first-order valence-electron chi connectivity index (χ1n) is 7.59. The summed E-state index contributed by atoms with van der Waals surface area (Å²) < 4.78 is 0. The molecule has 1 aliphatic heterocycles. The van der Waals surface area contributed by atoms with Crippen LogP contribution in [0.3, 0.4) is 0 Å². The fourth-order valence-electron chi connectivity index (χ4n) is 3.27. The Balaban J connectivity index is 2.06. The number of carbonyl (C=O) groups is 2. The first-order valence-corrected chi connectivity index (χ1v) is 7.59. The van der Waals surface area contributed by atoms with Crippen molar-refractivity contribution in [3.63, 3.8) is 0 Å². The van der Waals surface area contributed by atoms with Crippen molar-refractivity contribution in [2.45, 2.75) is 70.9 Å². The number of nitrogens with one attached hydrogen (secondary N) is 1. The van der Waals surface area contributed by atoms with E-state index in [1.54, 1.807) is 0 Å². The molecule has 4 heteroatoms. The van der Waals surface area contributed by atoms with Crippen LogP contribution < -0.4 is 5.32 Å². The SMILES string of the molecule is CC(C)CCCN1C(=O)C2(CCCC2)NC(=O)C1C. The molecule has 1 heterocycles. The molecule has 2 rings (SSSR count). The number of hydrogen-bond acceptors (Lipinski definition) is 2. The zero-order valence-corrected chi connectivity index (χ0v) is 12.4. The number of hydrogen-bond donors (Lipinski definition) is 1. The van der Waals surface area contributed by atoms with Crippen LogP contribution in [0.4, 0.5) is 0 Å². The minimum absolute atomic E-state index is 0.0195. The van der Waals surface area contributed by atoms with Crippen molar-refractivity contribution in [3.8, 4) is 0 Å². The van der Waals surface area contributed by atoms with Gasteiger partial charge in [0.2, 0.25) is 11.8 Å². The lowest BCUT2D eigenvalue weighted by Gasteiger charge is -2.43. The molecule has 0 aromatic rings. The Morgan fingerprint density at radius 2 is 1.95 bits per heavy atom. The van der Waals surface area contributed by atoms with Gasteiger partial charge in [-0.3, -0.25) is 9.59 Å². The lowest BCUT2D eigenvalue weighted by atomic mass is 9.90. The average Bonchev–Trinajstić information content (AvgIpc) is 2.80. The van der Waals surface area contributed by atoms with Crippen LogP contribution in [0.5, 0.6) is 0 Å². The third-order valence-electron chi connectivity index (χ3n) is 4.52. The first kappa shape index (κ1) is 14.4. The zero-order chi connectivity index (χ0) is 14.0. The molecule has 1 N–H and O–H groups in total. The van der Waals surface area contributed by atoms with Crippen LogP contribution in [-0.4, -0.2) is 34.8 Å². The summed E-state index contributed by atoms with van der Waals surface area (Å²) in [7, 11) is 0. The van der Waals surface area contributed by atoms with E-state index in [9.17, 15) is 9.59 Å². The van der Waals surface area contributed by atoms with E-state index in [2.05, 4.69) is 19.2 Å². The minimum atomic E-state index is -0.568. The molecule has 0 aromatic heterocycles. The molecular formula is C15H26N2O2. The average molecular weight is 266 g/mol. The molecule has 1 aliphatic carbocycles. The molecule has 4 nitrogen and oxygen atoms in total. The van der Waals surface area contributed by atoms with E-state index in [1.165, 1.54) is 0 Å². The van der Waals surface area contributed by atoms with Crippen molar-refractivity contribution in [1.29, 1.82) is 0 Å². The quantitative estimate of drug-likeness (QED) is 0.847. The van der Waals surface area contributed by atoms with Gasteiger partial charge in [0.1, 0.15) is 11.6 Å². The van der Waals surface area contributed by atoms with Gasteiger partial charge in [0.05, 0.1) is 0 Å². The largest absolute Gasteiger partial charge is 0.340 e. The Morgan fingerprint density at radius 1 is 1.32 bits per heavy atom. The van der Waals surface area contributed by atoms with Crippen LogP contribution in [0.15, 0.2) is 0 Å². The van der Waals surface area contributed by atoms with Gasteiger partial charge in [-0.05, 0) is 38.5 Å². The minimum Gasteiger partial charge on any atom is -0.340 e. The number of nitrogens with zero attached hydrogens (tertiary/aromatic N) is 1. The summed E-state index contributed by atoms with van der Waals surface area (Å²) in [6, 6.07) is -0.314. The fourth-order valence-corrected chi connectivity index (χ4v) is 3.27. The van der Waals surface area contributed by atoms with Gasteiger partial charge in [-0.2, -0.15) is 0 Å². The molecule has 2 amide bonds. The van der Waals surface area contributed by atoms with Gasteiger partial charge >= 0.3 is 0 Å². The van der Waals surface area contributed by atoms with E-state index in [0.29, 0.717) is 12.5 Å². The van der Waals surface area contributed by atoms with Crippen LogP contribution in [-0.2, 0) is 9.59 Å². The van der Waals surface area contributed by atoms with E-state index in [0.717, 1.165) is 38.5 Å². The number of carbonyl (C=O) groups excluding carboxylic acids is 2. The van der Waals surface area contributed by atoms with E-state index in [4.69, 9.17) is 0 Å². The second-order valence-corrected chi connectivity index (χ2v) is 6.49. The molecule has 1 atom stereocenters. The van der Waals surface area contributed by atoms with Crippen LogP contribution in [0.2, 0.25) is 0 Å². The lowest BCUT2D eigenvalue weighted by molar-refractivity contribution is -0.154. The Kier molecular flexibility index (Phi) is 4.16. The molecule has 1 saturated heterocycles. The molecular weight excluding hydrogens is 240 g/mol. The summed E-state index contributed by atoms with van der Waals surface area (Å²) in [5, 5.41) is 2.99. The normalized spacial score (nSPS) is 26.3. The standard InChI is InChI=1S/C15H26N2O2/c1-11(2)7-6-10-17-12(3)13(18)16-15(14(17)19)8-4-5-9-15/h11-12H,4-10H2,1-3H3,(H,16,18). The zero-order valence-electron chi connectivity index (χ0n) is 12.4. The maximum Gasteiger partial charge on any atom is 0.248 e. The molecule has 0 radical (unpaired) electrons. The second-order valence-electron chi connectivity index (χ2n) is 6.49. The predicted octanol–water partition coefficient (Wildman–Crippen LogP) is 2.08. The molecule has 19 heavy (non-hydrogen) atoms.